The first-order valence-corrected chi connectivity index (χ1v) is 6.61. The number of nitrogens with one attached hydrogen (secondary N) is 1. The highest BCUT2D eigenvalue weighted by molar-refractivity contribution is 5.83. The molecule has 5 nitrogen and oxygen atoms in total. The molecule has 106 valence electrons. The second-order valence-electron chi connectivity index (χ2n) is 5.08. The van der Waals surface area contributed by atoms with Crippen LogP contribution < -0.4 is 11.1 Å². The molecule has 1 aromatic heterocycles. The standard InChI is InChI=1S/C15H20N4O/c1-19(2)8-7-17-15(20)10-13-5-3-11-9-12(16)4-6-14(11)18-13/h3-6,9H,7-8,10,16H2,1-2H3,(H,17,20). The number of fused-ring (bicyclic) bond motifs is 1. The van der Waals surface area contributed by atoms with E-state index < -0.39 is 0 Å². The van der Waals surface area contributed by atoms with Gasteiger partial charge >= 0.3 is 0 Å². The van der Waals surface area contributed by atoms with Crippen LogP contribution in [-0.4, -0.2) is 43.0 Å². The SMILES string of the molecule is CN(C)CCNC(=O)Cc1ccc2cc(N)ccc2n1. The van der Waals surface area contributed by atoms with Gasteiger partial charge in [-0.2, -0.15) is 0 Å². The number of hydrogen-bond donors (Lipinski definition) is 2. The van der Waals surface area contributed by atoms with E-state index in [1.54, 1.807) is 0 Å². The number of pyridine rings is 1. The van der Waals surface area contributed by atoms with Gasteiger partial charge in [0.2, 0.25) is 5.91 Å². The Kier molecular flexibility index (Phi) is 4.53. The lowest BCUT2D eigenvalue weighted by Crippen LogP contribution is -2.32. The summed E-state index contributed by atoms with van der Waals surface area (Å²) in [6.07, 6.45) is 0.299. The highest BCUT2D eigenvalue weighted by atomic mass is 16.1. The van der Waals surface area contributed by atoms with Crippen molar-refractivity contribution in [2.75, 3.05) is 32.9 Å². The van der Waals surface area contributed by atoms with Crippen LogP contribution in [0.15, 0.2) is 30.3 Å². The van der Waals surface area contributed by atoms with Crippen molar-refractivity contribution in [3.8, 4) is 0 Å². The lowest BCUT2D eigenvalue weighted by Gasteiger charge is -2.10. The van der Waals surface area contributed by atoms with Crippen LogP contribution in [0, 0.1) is 0 Å². The maximum atomic E-state index is 11.8. The molecule has 0 bridgehead atoms. The Morgan fingerprint density at radius 3 is 2.85 bits per heavy atom. The van der Waals surface area contributed by atoms with E-state index in [2.05, 4.69) is 10.3 Å². The highest BCUT2D eigenvalue weighted by Crippen LogP contribution is 2.16. The Hall–Kier alpha value is -2.14. The van der Waals surface area contributed by atoms with E-state index in [-0.39, 0.29) is 5.91 Å². The molecule has 0 atom stereocenters. The number of nitrogen functional groups attached to an aromatic ring is 1. The summed E-state index contributed by atoms with van der Waals surface area (Å²) in [5.41, 5.74) is 8.07. The maximum absolute atomic E-state index is 11.8. The Balaban J connectivity index is 1.99. The second kappa shape index (κ2) is 6.34. The minimum atomic E-state index is -0.00542. The number of rotatable bonds is 5. The molecule has 0 fully saturated rings. The lowest BCUT2D eigenvalue weighted by molar-refractivity contribution is -0.120. The number of likely N-dealkylation sites (N-methyl/N-ethyl adjacent to an activating group) is 1. The van der Waals surface area contributed by atoms with Crippen molar-refractivity contribution in [3.05, 3.63) is 36.0 Å². The molecule has 3 N–H and O–H groups in total. The molecule has 0 aliphatic carbocycles. The zero-order valence-electron chi connectivity index (χ0n) is 11.9. The Morgan fingerprint density at radius 2 is 2.10 bits per heavy atom. The molecule has 0 spiro atoms. The van der Waals surface area contributed by atoms with Crippen molar-refractivity contribution in [3.63, 3.8) is 0 Å². The molecule has 0 saturated carbocycles. The van der Waals surface area contributed by atoms with Gasteiger partial charge in [-0.15, -0.1) is 0 Å². The molecule has 2 rings (SSSR count). The van der Waals surface area contributed by atoms with E-state index in [0.29, 0.717) is 18.7 Å². The average molecular weight is 272 g/mol. The number of carbonyl (C=O) groups excluding carboxylic acids is 1. The molecule has 0 aliphatic heterocycles. The summed E-state index contributed by atoms with van der Waals surface area (Å²) < 4.78 is 0. The first-order chi connectivity index (χ1) is 9.54. The Bertz CT molecular complexity index is 610. The fraction of sp³-hybridized carbons (Fsp3) is 0.333. The van der Waals surface area contributed by atoms with E-state index in [1.165, 1.54) is 0 Å². The summed E-state index contributed by atoms with van der Waals surface area (Å²) in [6, 6.07) is 9.38. The second-order valence-corrected chi connectivity index (χ2v) is 5.08. The van der Waals surface area contributed by atoms with Crippen molar-refractivity contribution in [1.82, 2.24) is 15.2 Å². The van der Waals surface area contributed by atoms with E-state index >= 15 is 0 Å². The van der Waals surface area contributed by atoms with E-state index in [0.717, 1.165) is 23.1 Å². The molecule has 0 unspecified atom stereocenters. The third-order valence-corrected chi connectivity index (χ3v) is 2.99. The summed E-state index contributed by atoms with van der Waals surface area (Å²) in [5.74, 6) is -0.00542. The van der Waals surface area contributed by atoms with Gasteiger partial charge in [0.25, 0.3) is 0 Å². The van der Waals surface area contributed by atoms with E-state index in [1.807, 2.05) is 49.3 Å². The minimum Gasteiger partial charge on any atom is -0.399 e. The van der Waals surface area contributed by atoms with Gasteiger partial charge in [0, 0.05) is 24.2 Å². The molecule has 2 aromatic rings. The van der Waals surface area contributed by atoms with Crippen molar-refractivity contribution >= 4 is 22.5 Å². The summed E-state index contributed by atoms with van der Waals surface area (Å²) in [5, 5.41) is 3.87. The third kappa shape index (κ3) is 3.93. The van der Waals surface area contributed by atoms with E-state index in [9.17, 15) is 4.79 Å². The van der Waals surface area contributed by atoms with Gasteiger partial charge in [0.15, 0.2) is 0 Å². The number of hydrogen-bond acceptors (Lipinski definition) is 4. The molecule has 0 aliphatic rings. The third-order valence-electron chi connectivity index (χ3n) is 2.99. The summed E-state index contributed by atoms with van der Waals surface area (Å²) in [4.78, 5) is 18.3. The topological polar surface area (TPSA) is 71.2 Å². The van der Waals surface area contributed by atoms with Crippen LogP contribution in [0.1, 0.15) is 5.69 Å². The zero-order valence-corrected chi connectivity index (χ0v) is 11.9. The quantitative estimate of drug-likeness (QED) is 0.798. The number of amides is 1. The van der Waals surface area contributed by atoms with Crippen molar-refractivity contribution in [2.45, 2.75) is 6.42 Å². The van der Waals surface area contributed by atoms with Crippen molar-refractivity contribution in [1.29, 1.82) is 0 Å². The summed E-state index contributed by atoms with van der Waals surface area (Å²) in [6.45, 7) is 1.48. The van der Waals surface area contributed by atoms with Crippen molar-refractivity contribution in [2.24, 2.45) is 0 Å². The van der Waals surface area contributed by atoms with Gasteiger partial charge in [-0.1, -0.05) is 6.07 Å². The van der Waals surface area contributed by atoms with Gasteiger partial charge in [0.1, 0.15) is 0 Å². The van der Waals surface area contributed by atoms with Gasteiger partial charge < -0.3 is 16.0 Å². The highest BCUT2D eigenvalue weighted by Gasteiger charge is 2.05. The van der Waals surface area contributed by atoms with Crippen LogP contribution in [0.5, 0.6) is 0 Å². The monoisotopic (exact) mass is 272 g/mol. The van der Waals surface area contributed by atoms with Gasteiger partial charge in [-0.25, -0.2) is 0 Å². The average Bonchev–Trinajstić information content (AvgIpc) is 2.38. The van der Waals surface area contributed by atoms with Crippen LogP contribution in [0.3, 0.4) is 0 Å². The maximum Gasteiger partial charge on any atom is 0.226 e. The molecule has 1 aromatic carbocycles. The van der Waals surface area contributed by atoms with Crippen molar-refractivity contribution < 1.29 is 4.79 Å². The number of nitrogens with two attached hydrogens (primary N) is 1. The summed E-state index contributed by atoms with van der Waals surface area (Å²) >= 11 is 0. The van der Waals surface area contributed by atoms with Crippen LogP contribution in [-0.2, 0) is 11.2 Å². The molecule has 0 radical (unpaired) electrons. The fourth-order valence-electron chi connectivity index (χ4n) is 1.93. The Labute approximate surface area is 118 Å². The first-order valence-electron chi connectivity index (χ1n) is 6.61. The van der Waals surface area contributed by atoms with Gasteiger partial charge in [0.05, 0.1) is 17.6 Å². The van der Waals surface area contributed by atoms with Crippen LogP contribution >= 0.6 is 0 Å². The number of aromatic nitrogens is 1. The molecule has 0 saturated heterocycles. The number of anilines is 1. The molecule has 5 heteroatoms. The van der Waals surface area contributed by atoms with Crippen LogP contribution in [0.25, 0.3) is 10.9 Å². The number of carbonyl (C=O) groups is 1. The zero-order chi connectivity index (χ0) is 14.5. The fourth-order valence-corrected chi connectivity index (χ4v) is 1.93. The predicted molar refractivity (Wildman–Crippen MR) is 81.4 cm³/mol. The molecule has 20 heavy (non-hydrogen) atoms. The summed E-state index contributed by atoms with van der Waals surface area (Å²) in [7, 11) is 3.95. The van der Waals surface area contributed by atoms with Gasteiger partial charge in [-0.3, -0.25) is 9.78 Å². The molecule has 1 heterocycles. The smallest absolute Gasteiger partial charge is 0.226 e. The molecular weight excluding hydrogens is 252 g/mol. The van der Waals surface area contributed by atoms with Crippen LogP contribution in [0.4, 0.5) is 5.69 Å². The Morgan fingerprint density at radius 1 is 1.30 bits per heavy atom. The first kappa shape index (κ1) is 14.3. The largest absolute Gasteiger partial charge is 0.399 e. The van der Waals surface area contributed by atoms with Crippen LogP contribution in [0.2, 0.25) is 0 Å². The minimum absolute atomic E-state index is 0.00542. The number of nitrogens with zero attached hydrogens (tertiary/aromatic N) is 2. The lowest BCUT2D eigenvalue weighted by atomic mass is 10.1. The molecular formula is C15H20N4O. The van der Waals surface area contributed by atoms with Gasteiger partial charge in [-0.05, 0) is 38.4 Å². The normalized spacial score (nSPS) is 10.9. The number of benzene rings is 1. The predicted octanol–water partition coefficient (Wildman–Crippen LogP) is 1.04. The van der Waals surface area contributed by atoms with E-state index in [4.69, 9.17) is 5.73 Å². The molecule has 1 amide bonds.